The molecule has 17 heavy (non-hydrogen) atoms. The summed E-state index contributed by atoms with van der Waals surface area (Å²) in [5.74, 6) is -0.00927. The number of amides is 1. The summed E-state index contributed by atoms with van der Waals surface area (Å²) in [7, 11) is 0. The third kappa shape index (κ3) is 2.46. The number of carbonyl (C=O) groups is 1. The van der Waals surface area contributed by atoms with Crippen LogP contribution in [0.25, 0.3) is 0 Å². The van der Waals surface area contributed by atoms with Crippen LogP contribution in [0.15, 0.2) is 11.4 Å². The van der Waals surface area contributed by atoms with E-state index in [1.165, 1.54) is 11.3 Å². The van der Waals surface area contributed by atoms with E-state index in [2.05, 4.69) is 6.07 Å². The molecule has 1 saturated heterocycles. The fraction of sp³-hybridized carbons (Fsp3) is 0.500. The van der Waals surface area contributed by atoms with Crippen molar-refractivity contribution in [2.24, 2.45) is 5.41 Å². The summed E-state index contributed by atoms with van der Waals surface area (Å²) in [6.07, 6.45) is 1.47. The molecule has 0 aliphatic carbocycles. The lowest BCUT2D eigenvalue weighted by Gasteiger charge is -2.34. The molecule has 0 unspecified atom stereocenters. The lowest BCUT2D eigenvalue weighted by atomic mass is 9.82. The summed E-state index contributed by atoms with van der Waals surface area (Å²) in [6.45, 7) is 3.22. The van der Waals surface area contributed by atoms with Crippen molar-refractivity contribution in [3.8, 4) is 6.07 Å². The Morgan fingerprint density at radius 2 is 2.24 bits per heavy atom. The van der Waals surface area contributed by atoms with Crippen molar-refractivity contribution in [1.82, 2.24) is 4.90 Å². The number of halogens is 1. The number of likely N-dealkylation sites (tertiary alicyclic amines) is 1. The van der Waals surface area contributed by atoms with Gasteiger partial charge in [0.25, 0.3) is 5.91 Å². The Hall–Kier alpha value is -1.05. The van der Waals surface area contributed by atoms with Crippen molar-refractivity contribution in [1.29, 1.82) is 5.26 Å². The second-order valence-electron chi connectivity index (χ2n) is 4.56. The van der Waals surface area contributed by atoms with Crippen LogP contribution in [0, 0.1) is 16.7 Å². The van der Waals surface area contributed by atoms with E-state index in [1.54, 1.807) is 11.0 Å². The van der Waals surface area contributed by atoms with Crippen molar-refractivity contribution in [2.45, 2.75) is 19.8 Å². The molecule has 0 N–H and O–H groups in total. The molecular weight excluding hydrogens is 256 g/mol. The molecule has 1 aliphatic heterocycles. The zero-order chi connectivity index (χ0) is 12.5. The minimum Gasteiger partial charge on any atom is -0.338 e. The van der Waals surface area contributed by atoms with Gasteiger partial charge in [0.2, 0.25) is 0 Å². The first-order valence-electron chi connectivity index (χ1n) is 5.49. The third-order valence-electron chi connectivity index (χ3n) is 3.24. The van der Waals surface area contributed by atoms with Gasteiger partial charge in [-0.2, -0.15) is 5.26 Å². The zero-order valence-corrected chi connectivity index (χ0v) is 11.1. The minimum atomic E-state index is -0.282. The Morgan fingerprint density at radius 3 is 2.71 bits per heavy atom. The van der Waals surface area contributed by atoms with E-state index in [1.807, 2.05) is 12.3 Å². The van der Waals surface area contributed by atoms with Gasteiger partial charge in [-0.15, -0.1) is 11.3 Å². The molecule has 1 aliphatic rings. The zero-order valence-electron chi connectivity index (χ0n) is 9.57. The molecule has 1 aromatic heterocycles. The van der Waals surface area contributed by atoms with Crippen molar-refractivity contribution in [2.75, 3.05) is 13.1 Å². The molecule has 5 heteroatoms. The van der Waals surface area contributed by atoms with Crippen LogP contribution in [0.5, 0.6) is 0 Å². The average Bonchev–Trinajstić information content (AvgIpc) is 2.76. The predicted molar refractivity (Wildman–Crippen MR) is 68.2 cm³/mol. The maximum Gasteiger partial charge on any atom is 0.265 e. The quantitative estimate of drug-likeness (QED) is 0.785. The first-order chi connectivity index (χ1) is 8.06. The maximum atomic E-state index is 12.2. The Balaban J connectivity index is 2.06. The van der Waals surface area contributed by atoms with Crippen molar-refractivity contribution < 1.29 is 4.79 Å². The molecule has 0 atom stereocenters. The van der Waals surface area contributed by atoms with Crippen LogP contribution < -0.4 is 0 Å². The Kier molecular flexibility index (Phi) is 3.41. The smallest absolute Gasteiger partial charge is 0.265 e. The van der Waals surface area contributed by atoms with Crippen molar-refractivity contribution in [3.63, 3.8) is 0 Å². The van der Waals surface area contributed by atoms with E-state index in [-0.39, 0.29) is 11.3 Å². The van der Waals surface area contributed by atoms with E-state index < -0.39 is 0 Å². The first kappa shape index (κ1) is 12.4. The highest BCUT2D eigenvalue weighted by atomic mass is 35.5. The third-order valence-corrected chi connectivity index (χ3v) is 4.56. The van der Waals surface area contributed by atoms with E-state index in [4.69, 9.17) is 16.9 Å². The number of rotatable bonds is 1. The molecule has 0 spiro atoms. The Bertz CT molecular complexity index is 469. The van der Waals surface area contributed by atoms with Gasteiger partial charge in [0.15, 0.2) is 0 Å². The van der Waals surface area contributed by atoms with Crippen molar-refractivity contribution in [3.05, 3.63) is 21.3 Å². The van der Waals surface area contributed by atoms with E-state index >= 15 is 0 Å². The number of hydrogen-bond acceptors (Lipinski definition) is 3. The van der Waals surface area contributed by atoms with Crippen LogP contribution in [-0.2, 0) is 0 Å². The van der Waals surface area contributed by atoms with Gasteiger partial charge in [-0.25, -0.2) is 0 Å². The summed E-state index contributed by atoms with van der Waals surface area (Å²) in [5, 5.41) is 11.4. The Morgan fingerprint density at radius 1 is 1.59 bits per heavy atom. The van der Waals surface area contributed by atoms with Crippen LogP contribution >= 0.6 is 22.9 Å². The fourth-order valence-corrected chi connectivity index (χ4v) is 3.01. The largest absolute Gasteiger partial charge is 0.338 e. The lowest BCUT2D eigenvalue weighted by Crippen LogP contribution is -2.41. The van der Waals surface area contributed by atoms with E-state index in [9.17, 15) is 4.79 Å². The highest BCUT2D eigenvalue weighted by molar-refractivity contribution is 7.12. The number of thiophene rings is 1. The van der Waals surface area contributed by atoms with Gasteiger partial charge < -0.3 is 4.90 Å². The fourth-order valence-electron chi connectivity index (χ4n) is 1.91. The van der Waals surface area contributed by atoms with Crippen LogP contribution in [0.4, 0.5) is 0 Å². The molecule has 2 heterocycles. The highest BCUT2D eigenvalue weighted by Crippen LogP contribution is 2.32. The molecule has 0 bridgehead atoms. The lowest BCUT2D eigenvalue weighted by molar-refractivity contribution is 0.0667. The minimum absolute atomic E-state index is 0.00927. The molecule has 90 valence electrons. The van der Waals surface area contributed by atoms with Crippen LogP contribution in [-0.4, -0.2) is 23.9 Å². The maximum absolute atomic E-state index is 12.2. The molecule has 1 amide bonds. The summed E-state index contributed by atoms with van der Waals surface area (Å²) >= 11 is 7.32. The molecule has 1 fully saturated rings. The van der Waals surface area contributed by atoms with Gasteiger partial charge in [0.05, 0.1) is 16.5 Å². The van der Waals surface area contributed by atoms with Crippen LogP contribution in [0.3, 0.4) is 0 Å². The molecule has 0 radical (unpaired) electrons. The molecule has 1 aromatic rings. The molecule has 0 saturated carbocycles. The number of carbonyl (C=O) groups excluding carboxylic acids is 1. The van der Waals surface area contributed by atoms with Gasteiger partial charge in [-0.05, 0) is 31.2 Å². The average molecular weight is 269 g/mol. The second-order valence-corrected chi connectivity index (χ2v) is 5.89. The van der Waals surface area contributed by atoms with Gasteiger partial charge in [-0.1, -0.05) is 11.6 Å². The van der Waals surface area contributed by atoms with Gasteiger partial charge in [0.1, 0.15) is 4.88 Å². The van der Waals surface area contributed by atoms with Gasteiger partial charge in [0, 0.05) is 13.1 Å². The molecule has 3 nitrogen and oxygen atoms in total. The number of nitriles is 1. The monoisotopic (exact) mass is 268 g/mol. The summed E-state index contributed by atoms with van der Waals surface area (Å²) in [5.41, 5.74) is -0.282. The van der Waals surface area contributed by atoms with Gasteiger partial charge in [-0.3, -0.25) is 4.79 Å². The SMILES string of the molecule is CC1(C#N)CCN(C(=O)c2sccc2Cl)CC1. The van der Waals surface area contributed by atoms with Crippen molar-refractivity contribution >= 4 is 28.8 Å². The standard InChI is InChI=1S/C12H13ClN2OS/c1-12(8-14)3-5-15(6-4-12)11(16)10-9(13)2-7-17-10/h2,7H,3-6H2,1H3. The summed E-state index contributed by atoms with van der Waals surface area (Å²) in [6, 6.07) is 4.06. The first-order valence-corrected chi connectivity index (χ1v) is 6.75. The normalized spacial score (nSPS) is 18.8. The molecule has 2 rings (SSSR count). The summed E-state index contributed by atoms with van der Waals surface area (Å²) in [4.78, 5) is 14.5. The van der Waals surface area contributed by atoms with Crippen LogP contribution in [0.1, 0.15) is 29.4 Å². The highest BCUT2D eigenvalue weighted by Gasteiger charge is 2.32. The predicted octanol–water partition coefficient (Wildman–Crippen LogP) is 3.17. The number of hydrogen-bond donors (Lipinski definition) is 0. The summed E-state index contributed by atoms with van der Waals surface area (Å²) < 4.78 is 0. The molecular formula is C12H13ClN2OS. The van der Waals surface area contributed by atoms with Gasteiger partial charge >= 0.3 is 0 Å². The second kappa shape index (κ2) is 4.67. The number of piperidine rings is 1. The van der Waals surface area contributed by atoms with E-state index in [0.29, 0.717) is 23.0 Å². The topological polar surface area (TPSA) is 44.1 Å². The van der Waals surface area contributed by atoms with Crippen LogP contribution in [0.2, 0.25) is 5.02 Å². The number of nitrogens with zero attached hydrogens (tertiary/aromatic N) is 2. The van der Waals surface area contributed by atoms with E-state index in [0.717, 1.165) is 12.8 Å². The molecule has 0 aromatic carbocycles. The Labute approximate surface area is 110 Å².